The summed E-state index contributed by atoms with van der Waals surface area (Å²) in [5.74, 6) is -0.448. The number of rotatable bonds is 18. The van der Waals surface area contributed by atoms with Crippen molar-refractivity contribution in [1.82, 2.24) is 10.6 Å². The lowest BCUT2D eigenvalue weighted by Gasteiger charge is -2.39. The summed E-state index contributed by atoms with van der Waals surface area (Å²) in [5, 5.41) is 52.8. The third-order valence-corrected chi connectivity index (χ3v) is 5.81. The van der Waals surface area contributed by atoms with Crippen LogP contribution in [0.15, 0.2) is 0 Å². The Morgan fingerprint density at radius 2 is 1.57 bits per heavy atom. The van der Waals surface area contributed by atoms with Crippen LogP contribution in [0.4, 0.5) is 0 Å². The van der Waals surface area contributed by atoms with Gasteiger partial charge in [-0.2, -0.15) is 0 Å². The zero-order valence-corrected chi connectivity index (χ0v) is 20.4. The van der Waals surface area contributed by atoms with Crippen molar-refractivity contribution in [3.05, 3.63) is 0 Å². The molecule has 0 aliphatic carbocycles. The van der Waals surface area contributed by atoms with E-state index in [1.807, 2.05) is 0 Å². The van der Waals surface area contributed by atoms with Gasteiger partial charge in [-0.3, -0.25) is 14.4 Å². The number of Topliss-reactive ketones (excluding diaryl/α,β-unsaturated/α-hetero) is 1. The summed E-state index contributed by atoms with van der Waals surface area (Å²) in [6.07, 6.45) is -2.07. The number of unbranched alkanes of at least 4 members (excludes halogenated alkanes) is 3. The number of aliphatic hydroxyl groups excluding tert-OH is 5. The summed E-state index contributed by atoms with van der Waals surface area (Å²) < 4.78 is 10.6. The van der Waals surface area contributed by atoms with Gasteiger partial charge >= 0.3 is 0 Å². The van der Waals surface area contributed by atoms with E-state index in [9.17, 15) is 29.7 Å². The average molecular weight is 507 g/mol. The van der Waals surface area contributed by atoms with Gasteiger partial charge in [0.1, 0.15) is 24.4 Å². The molecule has 6 atom stereocenters. The van der Waals surface area contributed by atoms with E-state index in [4.69, 9.17) is 19.7 Å². The fraction of sp³-hybridized carbons (Fsp3) is 0.870. The van der Waals surface area contributed by atoms with Crippen LogP contribution in [0.5, 0.6) is 0 Å². The van der Waals surface area contributed by atoms with Gasteiger partial charge in [0.05, 0.1) is 12.6 Å². The van der Waals surface area contributed by atoms with Gasteiger partial charge in [-0.15, -0.1) is 0 Å². The minimum Gasteiger partial charge on any atom is -0.396 e. The molecule has 1 aliphatic heterocycles. The summed E-state index contributed by atoms with van der Waals surface area (Å²) in [5.41, 5.74) is 0. The largest absolute Gasteiger partial charge is 0.396 e. The van der Waals surface area contributed by atoms with Crippen LogP contribution in [0.25, 0.3) is 0 Å². The van der Waals surface area contributed by atoms with E-state index in [1.165, 1.54) is 6.92 Å². The van der Waals surface area contributed by atoms with Crippen LogP contribution in [0.1, 0.15) is 64.7 Å². The first kappa shape index (κ1) is 31.4. The first-order chi connectivity index (χ1) is 16.7. The maximum Gasteiger partial charge on any atom is 0.220 e. The molecule has 0 radical (unpaired) electrons. The topological polar surface area (TPSA) is 195 Å². The Labute approximate surface area is 206 Å². The smallest absolute Gasteiger partial charge is 0.220 e. The van der Waals surface area contributed by atoms with Crippen LogP contribution in [0, 0.1) is 0 Å². The minimum absolute atomic E-state index is 0.0328. The Kier molecular flexibility index (Phi) is 15.9. The molecule has 1 saturated heterocycles. The second kappa shape index (κ2) is 17.7. The van der Waals surface area contributed by atoms with Gasteiger partial charge in [-0.25, -0.2) is 0 Å². The van der Waals surface area contributed by atoms with E-state index in [0.29, 0.717) is 51.5 Å². The number of aliphatic hydroxyl groups is 5. The number of carbonyl (C=O) groups is 3. The molecular formula is C23H42N2O10. The van der Waals surface area contributed by atoms with Gasteiger partial charge in [0.2, 0.25) is 11.8 Å². The van der Waals surface area contributed by atoms with E-state index < -0.39 is 43.4 Å². The summed E-state index contributed by atoms with van der Waals surface area (Å²) in [6.45, 7) is 1.55. The molecule has 1 rings (SSSR count). The van der Waals surface area contributed by atoms with Crippen molar-refractivity contribution in [2.75, 3.05) is 26.4 Å². The van der Waals surface area contributed by atoms with Crippen LogP contribution in [-0.4, -0.2) is 106 Å². The SMILES string of the molecule is CC(=O)[C@@H](CCCCNC(=O)CCCCOC1OC(CO)C(O)C(O)C1O)NC(=O)CCCCO. The third kappa shape index (κ3) is 12.2. The molecule has 12 nitrogen and oxygen atoms in total. The number of ether oxygens (including phenoxy) is 2. The quantitative estimate of drug-likeness (QED) is 0.107. The lowest BCUT2D eigenvalue weighted by molar-refractivity contribution is -0.301. The summed E-state index contributed by atoms with van der Waals surface area (Å²) in [4.78, 5) is 35.6. The third-order valence-electron chi connectivity index (χ3n) is 5.81. The zero-order valence-electron chi connectivity index (χ0n) is 20.4. The van der Waals surface area contributed by atoms with E-state index in [1.54, 1.807) is 0 Å². The predicted molar refractivity (Wildman–Crippen MR) is 124 cm³/mol. The second-order valence-corrected chi connectivity index (χ2v) is 8.78. The zero-order chi connectivity index (χ0) is 26.2. The maximum absolute atomic E-state index is 12.0. The minimum atomic E-state index is -1.49. The van der Waals surface area contributed by atoms with Gasteiger partial charge in [0, 0.05) is 32.6 Å². The van der Waals surface area contributed by atoms with Crippen LogP contribution in [0.3, 0.4) is 0 Å². The van der Waals surface area contributed by atoms with Gasteiger partial charge in [0.15, 0.2) is 12.1 Å². The highest BCUT2D eigenvalue weighted by molar-refractivity contribution is 5.87. The van der Waals surface area contributed by atoms with Gasteiger partial charge in [-0.05, 0) is 51.9 Å². The maximum atomic E-state index is 12.0. The molecule has 0 bridgehead atoms. The molecule has 35 heavy (non-hydrogen) atoms. The molecule has 1 aliphatic rings. The number of hydrogen-bond donors (Lipinski definition) is 7. The lowest BCUT2D eigenvalue weighted by Crippen LogP contribution is -2.59. The molecule has 1 heterocycles. The number of carbonyl (C=O) groups excluding carboxylic acids is 3. The standard InChI is InChI=1S/C23H42N2O10/c1-15(28)16(25-19(30)10-3-6-12-26)8-2-5-11-24-18(29)9-4-7-13-34-23-22(33)21(32)20(31)17(14-27)35-23/h16-17,20-23,26-27,31-33H,2-14H2,1H3,(H,24,29)(H,25,30)/t16-,17?,20?,21?,22?,23?/m1/s1. The van der Waals surface area contributed by atoms with Crippen molar-refractivity contribution in [3.63, 3.8) is 0 Å². The van der Waals surface area contributed by atoms with E-state index in [0.717, 1.165) is 0 Å². The van der Waals surface area contributed by atoms with Crippen molar-refractivity contribution in [1.29, 1.82) is 0 Å². The molecule has 12 heteroatoms. The van der Waals surface area contributed by atoms with Crippen molar-refractivity contribution < 1.29 is 49.4 Å². The molecule has 5 unspecified atom stereocenters. The first-order valence-electron chi connectivity index (χ1n) is 12.3. The van der Waals surface area contributed by atoms with Crippen LogP contribution in [0.2, 0.25) is 0 Å². The molecule has 2 amide bonds. The lowest BCUT2D eigenvalue weighted by atomic mass is 9.99. The Hall–Kier alpha value is -1.67. The Morgan fingerprint density at radius 3 is 2.23 bits per heavy atom. The molecule has 204 valence electrons. The highest BCUT2D eigenvalue weighted by Crippen LogP contribution is 2.22. The second-order valence-electron chi connectivity index (χ2n) is 8.78. The number of nitrogens with one attached hydrogen (secondary N) is 2. The number of ketones is 1. The molecule has 7 N–H and O–H groups in total. The molecule has 0 saturated carbocycles. The van der Waals surface area contributed by atoms with Crippen LogP contribution in [-0.2, 0) is 23.9 Å². The van der Waals surface area contributed by atoms with Crippen molar-refractivity contribution in [2.45, 2.75) is 101 Å². The van der Waals surface area contributed by atoms with Crippen molar-refractivity contribution >= 4 is 17.6 Å². The molecule has 0 aromatic heterocycles. The number of hydrogen-bond acceptors (Lipinski definition) is 10. The molecule has 1 fully saturated rings. The summed E-state index contributed by atoms with van der Waals surface area (Å²) in [7, 11) is 0. The average Bonchev–Trinajstić information content (AvgIpc) is 2.82. The van der Waals surface area contributed by atoms with Crippen molar-refractivity contribution in [3.8, 4) is 0 Å². The van der Waals surface area contributed by atoms with E-state index in [-0.39, 0.29) is 43.7 Å². The molecule has 0 spiro atoms. The molecular weight excluding hydrogens is 464 g/mol. The van der Waals surface area contributed by atoms with Gasteiger partial charge in [0.25, 0.3) is 0 Å². The van der Waals surface area contributed by atoms with Gasteiger partial charge < -0.3 is 45.6 Å². The predicted octanol–water partition coefficient (Wildman–Crippen LogP) is -1.50. The fourth-order valence-corrected chi connectivity index (χ4v) is 3.62. The highest BCUT2D eigenvalue weighted by atomic mass is 16.7. The monoisotopic (exact) mass is 506 g/mol. The Bertz CT molecular complexity index is 633. The summed E-state index contributed by atoms with van der Waals surface area (Å²) in [6, 6.07) is -0.545. The van der Waals surface area contributed by atoms with Crippen molar-refractivity contribution in [2.24, 2.45) is 0 Å². The van der Waals surface area contributed by atoms with E-state index in [2.05, 4.69) is 10.6 Å². The normalized spacial score (nSPS) is 25.1. The van der Waals surface area contributed by atoms with Gasteiger partial charge in [-0.1, -0.05) is 0 Å². The van der Waals surface area contributed by atoms with Crippen LogP contribution >= 0.6 is 0 Å². The summed E-state index contributed by atoms with van der Waals surface area (Å²) >= 11 is 0. The van der Waals surface area contributed by atoms with Crippen LogP contribution < -0.4 is 10.6 Å². The fourth-order valence-electron chi connectivity index (χ4n) is 3.62. The molecule has 0 aromatic carbocycles. The van der Waals surface area contributed by atoms with E-state index >= 15 is 0 Å². The highest BCUT2D eigenvalue weighted by Gasteiger charge is 2.43. The number of amides is 2. The first-order valence-corrected chi connectivity index (χ1v) is 12.3. The Morgan fingerprint density at radius 1 is 0.886 bits per heavy atom. The molecule has 0 aromatic rings. The Balaban J connectivity index is 2.13.